The predicted molar refractivity (Wildman–Crippen MR) is 68.8 cm³/mol. The van der Waals surface area contributed by atoms with E-state index in [9.17, 15) is 19.2 Å². The monoisotopic (exact) mass is 283 g/mol. The largest absolute Gasteiger partial charge is 0.478 e. The zero-order valence-corrected chi connectivity index (χ0v) is 11.6. The fourth-order valence-corrected chi connectivity index (χ4v) is 1.53. The number of carboxylic acid groups (broad SMARTS) is 1. The highest BCUT2D eigenvalue weighted by Crippen LogP contribution is 2.05. The summed E-state index contributed by atoms with van der Waals surface area (Å²) in [7, 11) is 1.63. The molecule has 0 aromatic rings. The molecule has 1 aliphatic heterocycles. The Bertz CT molecular complexity index is 497. The lowest BCUT2D eigenvalue weighted by Crippen LogP contribution is -2.54. The maximum absolute atomic E-state index is 11.8. The fourth-order valence-electron chi connectivity index (χ4n) is 1.53. The van der Waals surface area contributed by atoms with Gasteiger partial charge in [-0.3, -0.25) is 14.9 Å². The number of nitrogens with one attached hydrogen (secondary N) is 1. The van der Waals surface area contributed by atoms with E-state index in [1.165, 1.54) is 23.6 Å². The SMILES string of the molecule is CC(C(=O)O)=C(C)C(=O)NC(=O)N1CCN(C)C(=O)C1. The number of urea groups is 1. The normalized spacial score (nSPS) is 16.6. The number of likely N-dealkylation sites (N-methyl/N-ethyl adjacent to an activating group) is 1. The molecule has 0 bridgehead atoms. The Morgan fingerprint density at radius 1 is 1.15 bits per heavy atom. The molecule has 0 radical (unpaired) electrons. The van der Waals surface area contributed by atoms with Crippen molar-refractivity contribution >= 4 is 23.8 Å². The summed E-state index contributed by atoms with van der Waals surface area (Å²) in [4.78, 5) is 48.4. The molecular weight excluding hydrogens is 266 g/mol. The fraction of sp³-hybridized carbons (Fsp3) is 0.500. The minimum absolute atomic E-state index is 0.0497. The number of hydrogen-bond acceptors (Lipinski definition) is 4. The second-order valence-corrected chi connectivity index (χ2v) is 4.55. The molecule has 0 spiro atoms. The highest BCUT2D eigenvalue weighted by Gasteiger charge is 2.26. The van der Waals surface area contributed by atoms with Gasteiger partial charge in [0.05, 0.1) is 0 Å². The molecule has 1 aliphatic rings. The van der Waals surface area contributed by atoms with Crippen molar-refractivity contribution in [2.24, 2.45) is 0 Å². The molecule has 1 saturated heterocycles. The predicted octanol–water partition coefficient (Wildman–Crippen LogP) is -0.582. The Morgan fingerprint density at radius 3 is 2.25 bits per heavy atom. The van der Waals surface area contributed by atoms with Crippen molar-refractivity contribution in [2.45, 2.75) is 13.8 Å². The lowest BCUT2D eigenvalue weighted by molar-refractivity contribution is -0.133. The Kier molecular flexibility index (Phi) is 4.84. The molecule has 20 heavy (non-hydrogen) atoms. The summed E-state index contributed by atoms with van der Waals surface area (Å²) in [5, 5.41) is 10.8. The van der Waals surface area contributed by atoms with Crippen LogP contribution in [0.3, 0.4) is 0 Å². The van der Waals surface area contributed by atoms with Crippen LogP contribution in [0.25, 0.3) is 0 Å². The van der Waals surface area contributed by atoms with Crippen molar-refractivity contribution in [1.29, 1.82) is 0 Å². The van der Waals surface area contributed by atoms with Crippen LogP contribution >= 0.6 is 0 Å². The smallest absolute Gasteiger partial charge is 0.331 e. The molecule has 0 aliphatic carbocycles. The average molecular weight is 283 g/mol. The number of imide groups is 1. The minimum Gasteiger partial charge on any atom is -0.478 e. The maximum Gasteiger partial charge on any atom is 0.331 e. The van der Waals surface area contributed by atoms with Gasteiger partial charge < -0.3 is 14.9 Å². The number of hydrogen-bond donors (Lipinski definition) is 2. The summed E-state index contributed by atoms with van der Waals surface area (Å²) in [6.45, 7) is 3.21. The topological polar surface area (TPSA) is 107 Å². The van der Waals surface area contributed by atoms with E-state index in [0.717, 1.165) is 0 Å². The van der Waals surface area contributed by atoms with Gasteiger partial charge >= 0.3 is 12.0 Å². The molecule has 0 aromatic carbocycles. The van der Waals surface area contributed by atoms with Crippen molar-refractivity contribution in [3.8, 4) is 0 Å². The first kappa shape index (κ1) is 15.7. The van der Waals surface area contributed by atoms with E-state index in [2.05, 4.69) is 5.32 Å². The lowest BCUT2D eigenvalue weighted by atomic mass is 10.1. The molecule has 8 nitrogen and oxygen atoms in total. The van der Waals surface area contributed by atoms with Crippen molar-refractivity contribution in [2.75, 3.05) is 26.7 Å². The highest BCUT2D eigenvalue weighted by atomic mass is 16.4. The number of carboxylic acids is 1. The third-order valence-corrected chi connectivity index (χ3v) is 3.19. The highest BCUT2D eigenvalue weighted by molar-refractivity contribution is 6.07. The Labute approximate surface area is 116 Å². The zero-order valence-electron chi connectivity index (χ0n) is 11.6. The molecule has 1 heterocycles. The van der Waals surface area contributed by atoms with E-state index in [1.54, 1.807) is 7.05 Å². The van der Waals surface area contributed by atoms with E-state index >= 15 is 0 Å². The molecule has 1 rings (SSSR count). The summed E-state index contributed by atoms with van der Waals surface area (Å²) in [6, 6.07) is -0.700. The van der Waals surface area contributed by atoms with Crippen molar-refractivity contribution in [1.82, 2.24) is 15.1 Å². The van der Waals surface area contributed by atoms with E-state index in [-0.39, 0.29) is 23.6 Å². The quantitative estimate of drug-likeness (QED) is 0.659. The van der Waals surface area contributed by atoms with Crippen LogP contribution in [0, 0.1) is 0 Å². The van der Waals surface area contributed by atoms with E-state index in [0.29, 0.717) is 13.1 Å². The molecule has 0 aromatic heterocycles. The van der Waals surface area contributed by atoms with E-state index < -0.39 is 17.9 Å². The molecule has 0 unspecified atom stereocenters. The molecular formula is C12H17N3O5. The maximum atomic E-state index is 11.8. The molecule has 8 heteroatoms. The number of piperazine rings is 1. The second kappa shape index (κ2) is 6.18. The molecule has 2 N–H and O–H groups in total. The van der Waals surface area contributed by atoms with Crippen LogP contribution in [0.2, 0.25) is 0 Å². The van der Waals surface area contributed by atoms with Gasteiger partial charge in [-0.1, -0.05) is 0 Å². The van der Waals surface area contributed by atoms with Crippen molar-refractivity contribution in [3.05, 3.63) is 11.1 Å². The first-order chi connectivity index (χ1) is 9.23. The molecule has 4 amide bonds. The number of aliphatic carboxylic acids is 1. The molecule has 110 valence electrons. The van der Waals surface area contributed by atoms with Gasteiger partial charge in [0, 0.05) is 31.3 Å². The van der Waals surface area contributed by atoms with Gasteiger partial charge in [-0.15, -0.1) is 0 Å². The third kappa shape index (κ3) is 3.56. The van der Waals surface area contributed by atoms with Gasteiger partial charge in [-0.25, -0.2) is 9.59 Å². The van der Waals surface area contributed by atoms with Crippen LogP contribution in [0.4, 0.5) is 4.79 Å². The van der Waals surface area contributed by atoms with Gasteiger partial charge in [0.2, 0.25) is 5.91 Å². The first-order valence-electron chi connectivity index (χ1n) is 5.99. The standard InChI is InChI=1S/C12H17N3O5/c1-7(8(2)11(18)19)10(17)13-12(20)15-5-4-14(3)9(16)6-15/h4-6H2,1-3H3,(H,18,19)(H,13,17,20). The number of rotatable bonds is 2. The average Bonchev–Trinajstić information content (AvgIpc) is 2.39. The Morgan fingerprint density at radius 2 is 1.75 bits per heavy atom. The van der Waals surface area contributed by atoms with Crippen LogP contribution in [-0.2, 0) is 14.4 Å². The van der Waals surface area contributed by atoms with Crippen molar-refractivity contribution in [3.63, 3.8) is 0 Å². The lowest BCUT2D eigenvalue weighted by Gasteiger charge is -2.31. The molecule has 0 saturated carbocycles. The Hall–Kier alpha value is -2.38. The molecule has 0 atom stereocenters. The van der Waals surface area contributed by atoms with Crippen LogP contribution in [-0.4, -0.2) is 65.4 Å². The van der Waals surface area contributed by atoms with Crippen LogP contribution in [0.1, 0.15) is 13.8 Å². The van der Waals surface area contributed by atoms with Crippen molar-refractivity contribution < 1.29 is 24.3 Å². The Balaban J connectivity index is 2.67. The summed E-state index contributed by atoms with van der Waals surface area (Å²) in [5.41, 5.74) is -0.184. The summed E-state index contributed by atoms with van der Waals surface area (Å²) in [6.07, 6.45) is 0. The first-order valence-corrected chi connectivity index (χ1v) is 5.99. The van der Waals surface area contributed by atoms with Gasteiger partial charge in [-0.2, -0.15) is 0 Å². The minimum atomic E-state index is -1.22. The van der Waals surface area contributed by atoms with Crippen LogP contribution in [0.5, 0.6) is 0 Å². The number of amides is 4. The van der Waals surface area contributed by atoms with Crippen LogP contribution in [0.15, 0.2) is 11.1 Å². The number of carbonyl (C=O) groups excluding carboxylic acids is 3. The van der Waals surface area contributed by atoms with Gasteiger partial charge in [0.25, 0.3) is 5.91 Å². The number of carbonyl (C=O) groups is 4. The zero-order chi connectivity index (χ0) is 15.4. The summed E-state index contributed by atoms with van der Waals surface area (Å²) >= 11 is 0. The van der Waals surface area contributed by atoms with Crippen LogP contribution < -0.4 is 5.32 Å². The van der Waals surface area contributed by atoms with E-state index in [4.69, 9.17) is 5.11 Å². The van der Waals surface area contributed by atoms with E-state index in [1.807, 2.05) is 0 Å². The van der Waals surface area contributed by atoms with Gasteiger partial charge in [0.15, 0.2) is 0 Å². The van der Waals surface area contributed by atoms with Gasteiger partial charge in [0.1, 0.15) is 6.54 Å². The second-order valence-electron chi connectivity index (χ2n) is 4.55. The third-order valence-electron chi connectivity index (χ3n) is 3.19. The number of nitrogens with zero attached hydrogens (tertiary/aromatic N) is 2. The summed E-state index contributed by atoms with van der Waals surface area (Å²) < 4.78 is 0. The molecule has 1 fully saturated rings. The summed E-state index contributed by atoms with van der Waals surface area (Å²) in [5.74, 6) is -2.21. The van der Waals surface area contributed by atoms with Gasteiger partial charge in [-0.05, 0) is 13.8 Å².